The molecule has 5 heteroatoms. The minimum Gasteiger partial charge on any atom is -0.271 e. The smallest absolute Gasteiger partial charge is 0.126 e. The van der Waals surface area contributed by atoms with Gasteiger partial charge in [0, 0.05) is 12.4 Å². The fourth-order valence-electron chi connectivity index (χ4n) is 2.33. The normalized spacial score (nSPS) is 12.5. The largest absolute Gasteiger partial charge is 0.271 e. The highest BCUT2D eigenvalue weighted by molar-refractivity contribution is 5.74. The van der Waals surface area contributed by atoms with E-state index in [0.717, 1.165) is 22.2 Å². The van der Waals surface area contributed by atoms with E-state index in [4.69, 9.17) is 5.84 Å². The minimum atomic E-state index is -0.300. The SMILES string of the molecule is Cc1ccc(C(NN)c2ccc3nccnc3c2)cc1F. The predicted molar refractivity (Wildman–Crippen MR) is 79.8 cm³/mol. The fraction of sp³-hybridized carbons (Fsp3) is 0.125. The van der Waals surface area contributed by atoms with Crippen molar-refractivity contribution in [2.45, 2.75) is 13.0 Å². The first-order valence-corrected chi connectivity index (χ1v) is 6.62. The van der Waals surface area contributed by atoms with Crippen LogP contribution in [0, 0.1) is 12.7 Å². The van der Waals surface area contributed by atoms with Crippen LogP contribution in [0.2, 0.25) is 0 Å². The van der Waals surface area contributed by atoms with E-state index in [9.17, 15) is 4.39 Å². The lowest BCUT2D eigenvalue weighted by molar-refractivity contribution is 0.599. The second-order valence-corrected chi connectivity index (χ2v) is 4.91. The summed E-state index contributed by atoms with van der Waals surface area (Å²) in [6.45, 7) is 1.73. The van der Waals surface area contributed by atoms with Crippen molar-refractivity contribution in [2.24, 2.45) is 5.84 Å². The number of halogens is 1. The Kier molecular flexibility index (Phi) is 3.60. The van der Waals surface area contributed by atoms with Crippen LogP contribution < -0.4 is 11.3 Å². The van der Waals surface area contributed by atoms with Crippen LogP contribution in [0.3, 0.4) is 0 Å². The highest BCUT2D eigenvalue weighted by Crippen LogP contribution is 2.25. The van der Waals surface area contributed by atoms with Crippen molar-refractivity contribution >= 4 is 11.0 Å². The van der Waals surface area contributed by atoms with E-state index in [0.29, 0.717) is 5.56 Å². The molecule has 3 N–H and O–H groups in total. The van der Waals surface area contributed by atoms with Gasteiger partial charge in [0.05, 0.1) is 17.1 Å². The monoisotopic (exact) mass is 282 g/mol. The molecule has 0 aliphatic carbocycles. The van der Waals surface area contributed by atoms with Crippen LogP contribution in [-0.2, 0) is 0 Å². The van der Waals surface area contributed by atoms with Gasteiger partial charge in [0.15, 0.2) is 0 Å². The Balaban J connectivity index is 2.06. The lowest BCUT2D eigenvalue weighted by Gasteiger charge is -2.17. The number of aromatic nitrogens is 2. The van der Waals surface area contributed by atoms with Gasteiger partial charge in [0.2, 0.25) is 0 Å². The van der Waals surface area contributed by atoms with Crippen LogP contribution in [0.1, 0.15) is 22.7 Å². The van der Waals surface area contributed by atoms with Crippen molar-refractivity contribution in [3.63, 3.8) is 0 Å². The van der Waals surface area contributed by atoms with Gasteiger partial charge in [-0.15, -0.1) is 0 Å². The van der Waals surface area contributed by atoms with Gasteiger partial charge in [0.25, 0.3) is 0 Å². The number of benzene rings is 2. The first-order chi connectivity index (χ1) is 10.2. The average Bonchev–Trinajstić information content (AvgIpc) is 2.51. The number of aryl methyl sites for hydroxylation is 1. The molecule has 3 rings (SSSR count). The number of fused-ring (bicyclic) bond motifs is 1. The molecular formula is C16H15FN4. The van der Waals surface area contributed by atoms with Crippen molar-refractivity contribution in [2.75, 3.05) is 0 Å². The topological polar surface area (TPSA) is 63.8 Å². The average molecular weight is 282 g/mol. The van der Waals surface area contributed by atoms with E-state index in [1.54, 1.807) is 25.4 Å². The van der Waals surface area contributed by atoms with Gasteiger partial charge in [-0.3, -0.25) is 15.8 Å². The quantitative estimate of drug-likeness (QED) is 0.572. The molecule has 0 saturated carbocycles. The third kappa shape index (κ3) is 2.61. The van der Waals surface area contributed by atoms with Gasteiger partial charge in [-0.1, -0.05) is 18.2 Å². The Hall–Kier alpha value is -2.37. The maximum absolute atomic E-state index is 13.8. The summed E-state index contributed by atoms with van der Waals surface area (Å²) in [7, 11) is 0. The van der Waals surface area contributed by atoms with Crippen LogP contribution in [0.4, 0.5) is 4.39 Å². The lowest BCUT2D eigenvalue weighted by Crippen LogP contribution is -2.29. The van der Waals surface area contributed by atoms with E-state index in [-0.39, 0.29) is 11.9 Å². The van der Waals surface area contributed by atoms with Crippen molar-refractivity contribution < 1.29 is 4.39 Å². The molecule has 21 heavy (non-hydrogen) atoms. The van der Waals surface area contributed by atoms with E-state index < -0.39 is 0 Å². The molecule has 0 bridgehead atoms. The molecule has 0 fully saturated rings. The van der Waals surface area contributed by atoms with Gasteiger partial charge in [-0.2, -0.15) is 0 Å². The molecule has 106 valence electrons. The predicted octanol–water partition coefficient (Wildman–Crippen LogP) is 2.63. The molecular weight excluding hydrogens is 267 g/mol. The maximum Gasteiger partial charge on any atom is 0.126 e. The molecule has 0 amide bonds. The number of nitrogens with two attached hydrogens (primary N) is 1. The third-order valence-corrected chi connectivity index (χ3v) is 3.52. The van der Waals surface area contributed by atoms with Crippen molar-refractivity contribution in [1.82, 2.24) is 15.4 Å². The van der Waals surface area contributed by atoms with Crippen molar-refractivity contribution in [3.8, 4) is 0 Å². The van der Waals surface area contributed by atoms with Gasteiger partial charge in [0.1, 0.15) is 5.82 Å². The lowest BCUT2D eigenvalue weighted by atomic mass is 9.97. The highest BCUT2D eigenvalue weighted by atomic mass is 19.1. The molecule has 3 aromatic rings. The van der Waals surface area contributed by atoms with Crippen LogP contribution >= 0.6 is 0 Å². The zero-order valence-electron chi connectivity index (χ0n) is 11.5. The number of nitrogens with one attached hydrogen (secondary N) is 1. The number of nitrogens with zero attached hydrogens (tertiary/aromatic N) is 2. The second-order valence-electron chi connectivity index (χ2n) is 4.91. The fourth-order valence-corrected chi connectivity index (χ4v) is 2.33. The number of hydrogen-bond acceptors (Lipinski definition) is 4. The Morgan fingerprint density at radius 2 is 1.67 bits per heavy atom. The van der Waals surface area contributed by atoms with E-state index in [2.05, 4.69) is 15.4 Å². The Morgan fingerprint density at radius 3 is 2.38 bits per heavy atom. The third-order valence-electron chi connectivity index (χ3n) is 3.52. The van der Waals surface area contributed by atoms with E-state index in [1.165, 1.54) is 6.07 Å². The Morgan fingerprint density at radius 1 is 1.00 bits per heavy atom. The summed E-state index contributed by atoms with van der Waals surface area (Å²) in [4.78, 5) is 8.51. The molecule has 0 saturated heterocycles. The maximum atomic E-state index is 13.8. The summed E-state index contributed by atoms with van der Waals surface area (Å²) in [5.41, 5.74) is 6.61. The highest BCUT2D eigenvalue weighted by Gasteiger charge is 2.14. The minimum absolute atomic E-state index is 0.242. The zero-order chi connectivity index (χ0) is 14.8. The summed E-state index contributed by atoms with van der Waals surface area (Å²) in [6.07, 6.45) is 3.29. The van der Waals surface area contributed by atoms with E-state index >= 15 is 0 Å². The Labute approximate surface area is 121 Å². The van der Waals surface area contributed by atoms with Crippen LogP contribution in [0.15, 0.2) is 48.8 Å². The first kappa shape index (κ1) is 13.6. The van der Waals surface area contributed by atoms with Crippen LogP contribution in [0.5, 0.6) is 0 Å². The molecule has 0 aliphatic heterocycles. The molecule has 0 spiro atoms. The van der Waals surface area contributed by atoms with Gasteiger partial charge >= 0.3 is 0 Å². The molecule has 4 nitrogen and oxygen atoms in total. The molecule has 1 aromatic heterocycles. The number of rotatable bonds is 3. The van der Waals surface area contributed by atoms with E-state index in [1.807, 2.05) is 24.3 Å². The summed E-state index contributed by atoms with van der Waals surface area (Å²) >= 11 is 0. The molecule has 0 aliphatic rings. The number of hydrogen-bond donors (Lipinski definition) is 2. The first-order valence-electron chi connectivity index (χ1n) is 6.62. The van der Waals surface area contributed by atoms with Gasteiger partial charge in [-0.25, -0.2) is 9.82 Å². The van der Waals surface area contributed by atoms with Crippen molar-refractivity contribution in [1.29, 1.82) is 0 Å². The Bertz CT molecular complexity index is 788. The van der Waals surface area contributed by atoms with Crippen LogP contribution in [0.25, 0.3) is 11.0 Å². The summed E-state index contributed by atoms with van der Waals surface area (Å²) in [6, 6.07) is 10.5. The van der Waals surface area contributed by atoms with Crippen LogP contribution in [-0.4, -0.2) is 9.97 Å². The van der Waals surface area contributed by atoms with Gasteiger partial charge in [-0.05, 0) is 41.8 Å². The molecule has 1 atom stereocenters. The molecule has 2 aromatic carbocycles. The summed E-state index contributed by atoms with van der Waals surface area (Å²) in [5, 5.41) is 0. The molecule has 1 heterocycles. The number of hydrazine groups is 1. The molecule has 0 radical (unpaired) electrons. The van der Waals surface area contributed by atoms with Crippen molar-refractivity contribution in [3.05, 3.63) is 71.3 Å². The van der Waals surface area contributed by atoms with Gasteiger partial charge < -0.3 is 0 Å². The summed E-state index contributed by atoms with van der Waals surface area (Å²) < 4.78 is 13.8. The standard InChI is InChI=1S/C16H15FN4/c1-10-2-3-11(8-13(10)17)16(21-18)12-4-5-14-15(9-12)20-7-6-19-14/h2-9,16,21H,18H2,1H3. The molecule has 1 unspecified atom stereocenters. The zero-order valence-corrected chi connectivity index (χ0v) is 11.5. The second kappa shape index (κ2) is 5.55. The summed E-state index contributed by atoms with van der Waals surface area (Å²) in [5.74, 6) is 5.42.